The molecule has 0 unspecified atom stereocenters. The molecular weight excluding hydrogens is 510 g/mol. The number of amides is 2. The number of nitrogens with one attached hydrogen (secondary N) is 4. The van der Waals surface area contributed by atoms with E-state index >= 15 is 0 Å². The summed E-state index contributed by atoms with van der Waals surface area (Å²) in [5.74, 6) is -1.77. The zero-order chi connectivity index (χ0) is 28.1. The maximum atomic E-state index is 12.7. The van der Waals surface area contributed by atoms with Gasteiger partial charge in [0.25, 0.3) is 11.8 Å². The van der Waals surface area contributed by atoms with E-state index in [1.54, 1.807) is 24.3 Å². The van der Waals surface area contributed by atoms with Gasteiger partial charge in [0, 0.05) is 47.1 Å². The van der Waals surface area contributed by atoms with Gasteiger partial charge >= 0.3 is 5.97 Å². The Kier molecular flexibility index (Phi) is 7.79. The summed E-state index contributed by atoms with van der Waals surface area (Å²) >= 11 is 0. The summed E-state index contributed by atoms with van der Waals surface area (Å²) in [6.07, 6.45) is 1.28. The molecule has 10 nitrogen and oxygen atoms in total. The standard InChI is InChI=1S/C30H29N5O5/c36-25-15-17-35(18-16-25)24-11-1-19(2-12-24)28(37)32-22-7-3-20(4-8-22)31-21-5-9-23(10-6-21)33-29(38)26-13-14-27(34-26)30(39)40/h1-14,25,31,34,36H,15-18H2,(H,32,37)(H,33,38)(H,39,40). The van der Waals surface area contributed by atoms with Crippen LogP contribution in [0.1, 0.15) is 44.2 Å². The number of carbonyl (C=O) groups excluding carboxylic acids is 2. The Balaban J connectivity index is 1.12. The highest BCUT2D eigenvalue weighted by Crippen LogP contribution is 2.23. The third-order valence-electron chi connectivity index (χ3n) is 6.69. The maximum Gasteiger partial charge on any atom is 0.352 e. The van der Waals surface area contributed by atoms with Gasteiger partial charge in [-0.1, -0.05) is 0 Å². The molecular formula is C30H29N5O5. The van der Waals surface area contributed by atoms with Crippen LogP contribution >= 0.6 is 0 Å². The fourth-order valence-electron chi connectivity index (χ4n) is 4.44. The van der Waals surface area contributed by atoms with Crippen LogP contribution in [-0.4, -0.2) is 52.2 Å². The van der Waals surface area contributed by atoms with Crippen molar-refractivity contribution in [3.05, 3.63) is 102 Å². The lowest BCUT2D eigenvalue weighted by atomic mass is 10.1. The number of nitrogens with zero attached hydrogens (tertiary/aromatic N) is 1. The number of rotatable bonds is 8. The second-order valence-corrected chi connectivity index (χ2v) is 9.54. The predicted molar refractivity (Wildman–Crippen MR) is 154 cm³/mol. The quantitative estimate of drug-likeness (QED) is 0.186. The van der Waals surface area contributed by atoms with Gasteiger partial charge in [-0.2, -0.15) is 0 Å². The molecule has 10 heteroatoms. The molecule has 1 aliphatic rings. The van der Waals surface area contributed by atoms with E-state index in [2.05, 4.69) is 25.8 Å². The van der Waals surface area contributed by atoms with Crippen LogP contribution in [0, 0.1) is 0 Å². The Labute approximate surface area is 230 Å². The molecule has 0 radical (unpaired) electrons. The number of carbonyl (C=O) groups is 3. The van der Waals surface area contributed by atoms with Gasteiger partial charge in [-0.3, -0.25) is 9.59 Å². The molecule has 2 heterocycles. The van der Waals surface area contributed by atoms with E-state index in [4.69, 9.17) is 5.11 Å². The van der Waals surface area contributed by atoms with E-state index in [-0.39, 0.29) is 23.4 Å². The summed E-state index contributed by atoms with van der Waals surface area (Å²) in [6, 6.07) is 24.6. The van der Waals surface area contributed by atoms with Crippen molar-refractivity contribution < 1.29 is 24.6 Å². The first-order valence-electron chi connectivity index (χ1n) is 12.9. The fourth-order valence-corrected chi connectivity index (χ4v) is 4.44. The van der Waals surface area contributed by atoms with Crippen LogP contribution in [0.3, 0.4) is 0 Å². The molecule has 0 saturated carbocycles. The summed E-state index contributed by atoms with van der Waals surface area (Å²) < 4.78 is 0. The number of aromatic nitrogens is 1. The van der Waals surface area contributed by atoms with Gasteiger partial charge < -0.3 is 36.0 Å². The highest BCUT2D eigenvalue weighted by atomic mass is 16.4. The number of piperidine rings is 1. The molecule has 0 atom stereocenters. The van der Waals surface area contributed by atoms with Gasteiger partial charge in [0.15, 0.2) is 0 Å². The third-order valence-corrected chi connectivity index (χ3v) is 6.69. The average Bonchev–Trinajstić information content (AvgIpc) is 3.47. The summed E-state index contributed by atoms with van der Waals surface area (Å²) in [4.78, 5) is 40.8. The number of carboxylic acid groups (broad SMARTS) is 1. The SMILES string of the molecule is O=C(Nc1ccc(Nc2ccc(NC(=O)c3ccc(C(=O)O)[nH]3)cc2)cc1)c1ccc(N2CCC(O)CC2)cc1. The van der Waals surface area contributed by atoms with E-state index < -0.39 is 11.9 Å². The van der Waals surface area contributed by atoms with E-state index in [1.165, 1.54) is 12.1 Å². The Morgan fingerprint density at radius 2 is 1.18 bits per heavy atom. The number of benzene rings is 3. The van der Waals surface area contributed by atoms with Crippen molar-refractivity contribution >= 4 is 46.2 Å². The van der Waals surface area contributed by atoms with Crippen molar-refractivity contribution in [2.45, 2.75) is 18.9 Å². The smallest absolute Gasteiger partial charge is 0.352 e. The largest absolute Gasteiger partial charge is 0.477 e. The van der Waals surface area contributed by atoms with Crippen LogP contribution in [0.5, 0.6) is 0 Å². The number of carboxylic acids is 1. The zero-order valence-electron chi connectivity index (χ0n) is 21.6. The zero-order valence-corrected chi connectivity index (χ0v) is 21.6. The van der Waals surface area contributed by atoms with E-state index in [1.807, 2.05) is 48.5 Å². The van der Waals surface area contributed by atoms with Crippen molar-refractivity contribution in [2.24, 2.45) is 0 Å². The number of H-pyrrole nitrogens is 1. The van der Waals surface area contributed by atoms with Crippen LogP contribution in [0.2, 0.25) is 0 Å². The Bertz CT molecular complexity index is 1490. The predicted octanol–water partition coefficient (Wildman–Crippen LogP) is 4.92. The second kappa shape index (κ2) is 11.7. The minimum Gasteiger partial charge on any atom is -0.477 e. The van der Waals surface area contributed by atoms with Gasteiger partial charge in [-0.05, 0) is 97.8 Å². The second-order valence-electron chi connectivity index (χ2n) is 9.54. The molecule has 6 N–H and O–H groups in total. The lowest BCUT2D eigenvalue weighted by Gasteiger charge is -2.31. The first-order chi connectivity index (χ1) is 19.3. The van der Waals surface area contributed by atoms with E-state index in [9.17, 15) is 19.5 Å². The van der Waals surface area contributed by atoms with Crippen molar-refractivity contribution in [3.8, 4) is 0 Å². The first-order valence-corrected chi connectivity index (χ1v) is 12.9. The molecule has 40 heavy (non-hydrogen) atoms. The fraction of sp³-hybridized carbons (Fsp3) is 0.167. The number of aliphatic hydroxyl groups is 1. The van der Waals surface area contributed by atoms with Crippen LogP contribution in [0.4, 0.5) is 28.4 Å². The van der Waals surface area contributed by atoms with Gasteiger partial charge in [0.2, 0.25) is 0 Å². The van der Waals surface area contributed by atoms with Crippen molar-refractivity contribution in [1.29, 1.82) is 0 Å². The normalized spacial score (nSPS) is 13.5. The molecule has 1 aromatic heterocycles. The van der Waals surface area contributed by atoms with Gasteiger partial charge in [0.05, 0.1) is 6.10 Å². The van der Waals surface area contributed by atoms with Crippen molar-refractivity contribution in [3.63, 3.8) is 0 Å². The minimum atomic E-state index is -1.13. The van der Waals surface area contributed by atoms with E-state index in [0.29, 0.717) is 16.9 Å². The van der Waals surface area contributed by atoms with Crippen LogP contribution in [0.15, 0.2) is 84.9 Å². The highest BCUT2D eigenvalue weighted by Gasteiger charge is 2.17. The molecule has 1 saturated heterocycles. The molecule has 4 aromatic rings. The molecule has 204 valence electrons. The monoisotopic (exact) mass is 539 g/mol. The molecule has 0 bridgehead atoms. The summed E-state index contributed by atoms with van der Waals surface area (Å²) in [5, 5.41) is 27.6. The van der Waals surface area contributed by atoms with Crippen LogP contribution in [-0.2, 0) is 0 Å². The minimum absolute atomic E-state index is 0.0556. The van der Waals surface area contributed by atoms with Crippen LogP contribution in [0.25, 0.3) is 0 Å². The molecule has 3 aromatic carbocycles. The lowest BCUT2D eigenvalue weighted by molar-refractivity contribution is 0.0691. The number of aliphatic hydroxyl groups excluding tert-OH is 1. The molecule has 5 rings (SSSR count). The van der Waals surface area contributed by atoms with Crippen molar-refractivity contribution in [1.82, 2.24) is 4.98 Å². The van der Waals surface area contributed by atoms with E-state index in [0.717, 1.165) is 43.0 Å². The number of aromatic carboxylic acids is 1. The topological polar surface area (TPSA) is 147 Å². The Morgan fingerprint density at radius 3 is 1.70 bits per heavy atom. The summed E-state index contributed by atoms with van der Waals surface area (Å²) in [7, 11) is 0. The summed E-state index contributed by atoms with van der Waals surface area (Å²) in [6.45, 7) is 1.61. The molecule has 0 spiro atoms. The number of aromatic amines is 1. The first kappa shape index (κ1) is 26.5. The maximum absolute atomic E-state index is 12.7. The molecule has 1 fully saturated rings. The van der Waals surface area contributed by atoms with Gasteiger partial charge in [0.1, 0.15) is 11.4 Å². The number of hydrogen-bond donors (Lipinski definition) is 6. The summed E-state index contributed by atoms with van der Waals surface area (Å²) in [5.41, 5.74) is 4.55. The number of hydrogen-bond acceptors (Lipinski definition) is 6. The highest BCUT2D eigenvalue weighted by molar-refractivity contribution is 6.05. The lowest BCUT2D eigenvalue weighted by Crippen LogP contribution is -2.35. The molecule has 0 aliphatic carbocycles. The third kappa shape index (κ3) is 6.48. The Morgan fingerprint density at radius 1 is 0.675 bits per heavy atom. The van der Waals surface area contributed by atoms with Crippen molar-refractivity contribution in [2.75, 3.05) is 33.9 Å². The van der Waals surface area contributed by atoms with Gasteiger partial charge in [-0.25, -0.2) is 4.79 Å². The average molecular weight is 540 g/mol. The molecule has 2 amide bonds. The van der Waals surface area contributed by atoms with Gasteiger partial charge in [-0.15, -0.1) is 0 Å². The van der Waals surface area contributed by atoms with Crippen LogP contribution < -0.4 is 20.9 Å². The molecule has 1 aliphatic heterocycles. The Hall–Kier alpha value is -5.09. The number of anilines is 5.